The number of ether oxygens (including phenoxy) is 2. The molecule has 5 aromatic rings. The van der Waals surface area contributed by atoms with Crippen LogP contribution in [0.1, 0.15) is 100 Å². The third kappa shape index (κ3) is 7.17. The first-order valence-corrected chi connectivity index (χ1v) is 20.2. The second-order valence-electron chi connectivity index (χ2n) is 17.3. The molecule has 0 bridgehead atoms. The van der Waals surface area contributed by atoms with Crippen molar-refractivity contribution in [3.05, 3.63) is 133 Å². The van der Waals surface area contributed by atoms with Crippen molar-refractivity contribution in [1.82, 2.24) is 0 Å². The van der Waals surface area contributed by atoms with Crippen LogP contribution >= 0.6 is 0 Å². The van der Waals surface area contributed by atoms with Gasteiger partial charge in [0, 0.05) is 34.2 Å². The molecule has 0 amide bonds. The van der Waals surface area contributed by atoms with Gasteiger partial charge in [-0.15, -0.1) is 0 Å². The zero-order valence-electron chi connectivity index (χ0n) is 35.3. The van der Waals surface area contributed by atoms with E-state index in [0.717, 1.165) is 16.7 Å². The fourth-order valence-corrected chi connectivity index (χ4v) is 8.16. The van der Waals surface area contributed by atoms with Crippen LogP contribution in [0.4, 0.5) is 0 Å². The van der Waals surface area contributed by atoms with Crippen molar-refractivity contribution in [3.8, 4) is 45.8 Å². The number of ketones is 1. The molecule has 314 valence electrons. The summed E-state index contributed by atoms with van der Waals surface area (Å²) < 4.78 is 25.0. The molecule has 2 atom stereocenters. The van der Waals surface area contributed by atoms with Gasteiger partial charge >= 0.3 is 5.63 Å². The summed E-state index contributed by atoms with van der Waals surface area (Å²) in [6.45, 7) is 15.2. The van der Waals surface area contributed by atoms with E-state index in [-0.39, 0.29) is 86.0 Å². The summed E-state index contributed by atoms with van der Waals surface area (Å²) in [5.74, 6) is -2.69. The monoisotopic (exact) mass is 824 g/mol. The van der Waals surface area contributed by atoms with Crippen LogP contribution in [-0.4, -0.2) is 43.0 Å². The molecule has 11 nitrogen and oxygen atoms in total. The van der Waals surface area contributed by atoms with Crippen LogP contribution in [0.5, 0.6) is 34.5 Å². The normalized spacial score (nSPS) is 17.2. The second-order valence-corrected chi connectivity index (χ2v) is 17.3. The molecule has 0 radical (unpaired) electrons. The molecule has 0 fully saturated rings. The quantitative estimate of drug-likeness (QED) is 0.0413. The first kappa shape index (κ1) is 40.9. The Morgan fingerprint density at radius 1 is 0.787 bits per heavy atom. The van der Waals surface area contributed by atoms with Gasteiger partial charge in [-0.2, -0.15) is 0 Å². The average Bonchev–Trinajstić information content (AvgIpc) is 3.75. The van der Waals surface area contributed by atoms with Gasteiger partial charge in [-0.3, -0.25) is 4.79 Å². The molecular weight excluding hydrogens is 777 g/mol. The summed E-state index contributed by atoms with van der Waals surface area (Å²) in [6, 6.07) is 7.41. The number of aliphatic hydroxyl groups is 1. The van der Waals surface area contributed by atoms with Gasteiger partial charge < -0.3 is 43.8 Å². The number of allylic oxidation sites excluding steroid dienone is 7. The molecule has 5 N–H and O–H groups in total. The Bertz CT molecular complexity index is 2960. The maximum atomic E-state index is 15.4. The van der Waals surface area contributed by atoms with E-state index in [1.165, 1.54) is 24.3 Å². The summed E-state index contributed by atoms with van der Waals surface area (Å²) in [5, 5.41) is 57.6. The van der Waals surface area contributed by atoms with Crippen molar-refractivity contribution in [3.63, 3.8) is 0 Å². The molecule has 4 heterocycles. The Labute approximate surface area is 352 Å². The lowest BCUT2D eigenvalue weighted by atomic mass is 9.80. The molecule has 1 aliphatic carbocycles. The van der Waals surface area contributed by atoms with Crippen LogP contribution in [0.25, 0.3) is 39.3 Å². The Kier molecular flexibility index (Phi) is 10.0. The summed E-state index contributed by atoms with van der Waals surface area (Å²) in [5.41, 5.74) is 3.48. The molecule has 0 saturated heterocycles. The van der Waals surface area contributed by atoms with E-state index in [1.54, 1.807) is 12.1 Å². The van der Waals surface area contributed by atoms with Gasteiger partial charge in [-0.25, -0.2) is 4.79 Å². The minimum atomic E-state index is -0.899. The third-order valence-electron chi connectivity index (χ3n) is 11.3. The number of benzene rings is 3. The first-order valence-electron chi connectivity index (χ1n) is 20.2. The van der Waals surface area contributed by atoms with E-state index in [9.17, 15) is 30.3 Å². The molecule has 3 aromatic carbocycles. The number of aliphatic hydroxyl groups excluding tert-OH is 1. The van der Waals surface area contributed by atoms with Crippen molar-refractivity contribution in [2.45, 2.75) is 92.3 Å². The molecular formula is C50H48O11. The Morgan fingerprint density at radius 3 is 2.18 bits per heavy atom. The van der Waals surface area contributed by atoms with Crippen LogP contribution in [0.2, 0.25) is 0 Å². The van der Waals surface area contributed by atoms with Gasteiger partial charge in [-0.1, -0.05) is 47.1 Å². The van der Waals surface area contributed by atoms with Crippen molar-refractivity contribution in [1.29, 1.82) is 0 Å². The molecule has 3 aliphatic rings. The predicted octanol–water partition coefficient (Wildman–Crippen LogP) is 11.1. The van der Waals surface area contributed by atoms with E-state index >= 15 is 4.79 Å². The van der Waals surface area contributed by atoms with Gasteiger partial charge in [0.15, 0.2) is 11.5 Å². The van der Waals surface area contributed by atoms with Gasteiger partial charge in [0.2, 0.25) is 5.78 Å². The molecule has 2 aromatic heterocycles. The minimum absolute atomic E-state index is 0.0399. The summed E-state index contributed by atoms with van der Waals surface area (Å²) in [7, 11) is 0. The fraction of sp³-hybridized carbons (Fsp3) is 0.280. The number of hydrogen-bond donors (Lipinski definition) is 5. The van der Waals surface area contributed by atoms with Crippen LogP contribution in [0.3, 0.4) is 0 Å². The van der Waals surface area contributed by atoms with E-state index in [0.29, 0.717) is 34.3 Å². The minimum Gasteiger partial charge on any atom is -0.508 e. The van der Waals surface area contributed by atoms with E-state index in [2.05, 4.69) is 0 Å². The van der Waals surface area contributed by atoms with E-state index < -0.39 is 40.5 Å². The molecule has 0 spiro atoms. The number of fused-ring (bicyclic) bond motifs is 7. The summed E-state index contributed by atoms with van der Waals surface area (Å²) in [6.07, 6.45) is 10.7. The Hall–Kier alpha value is -6.88. The number of hydrogen-bond acceptors (Lipinski definition) is 11. The van der Waals surface area contributed by atoms with Gasteiger partial charge in [0.05, 0.1) is 33.6 Å². The zero-order valence-corrected chi connectivity index (χ0v) is 35.3. The van der Waals surface area contributed by atoms with Gasteiger partial charge in [0.1, 0.15) is 57.4 Å². The van der Waals surface area contributed by atoms with Crippen LogP contribution in [0.15, 0.2) is 108 Å². The first-order chi connectivity index (χ1) is 28.8. The molecule has 0 saturated carbocycles. The highest BCUT2D eigenvalue weighted by Crippen LogP contribution is 2.52. The highest BCUT2D eigenvalue weighted by atomic mass is 16.5. The Balaban J connectivity index is 1.37. The number of carbonyl (C=O) groups excluding carboxylic acids is 1. The highest BCUT2D eigenvalue weighted by molar-refractivity contribution is 6.22. The van der Waals surface area contributed by atoms with Gasteiger partial charge in [0.25, 0.3) is 0 Å². The van der Waals surface area contributed by atoms with Crippen molar-refractivity contribution in [2.75, 3.05) is 0 Å². The smallest absolute Gasteiger partial charge is 0.344 e. The lowest BCUT2D eigenvalue weighted by Gasteiger charge is -2.28. The number of furan rings is 1. The SMILES string of the molecule is CC(C)=CCC1=C(O)C(C(=O)c2c(-c3cc4c(cc3O)OC(C)(C)C=C4)oc3c(CC=C(C)C)c(O)c(O)cc23)=C[C@@H]2c3c(c4cc(CC=C(C)C)c(O)cc4oc3=O)O[C@H]12. The largest absolute Gasteiger partial charge is 0.508 e. The molecule has 0 unspecified atom stereocenters. The van der Waals surface area contributed by atoms with Crippen LogP contribution in [-0.2, 0) is 12.8 Å². The van der Waals surface area contributed by atoms with Crippen LogP contribution in [0, 0.1) is 0 Å². The lowest BCUT2D eigenvalue weighted by Crippen LogP contribution is -2.29. The van der Waals surface area contributed by atoms with Crippen molar-refractivity contribution < 1.29 is 48.6 Å². The van der Waals surface area contributed by atoms with E-state index in [1.807, 2.05) is 85.8 Å². The summed E-state index contributed by atoms with van der Waals surface area (Å²) in [4.78, 5) is 29.4. The molecule has 61 heavy (non-hydrogen) atoms. The fourth-order valence-electron chi connectivity index (χ4n) is 8.16. The van der Waals surface area contributed by atoms with Gasteiger partial charge in [-0.05, 0) is 104 Å². The second kappa shape index (κ2) is 15.0. The number of Topliss-reactive ketones (excluding diaryl/α,β-unsaturated/α-hetero) is 1. The number of aromatic hydroxyl groups is 4. The third-order valence-corrected chi connectivity index (χ3v) is 11.3. The lowest BCUT2D eigenvalue weighted by molar-refractivity contribution is 0.102. The molecule has 8 rings (SSSR count). The summed E-state index contributed by atoms with van der Waals surface area (Å²) >= 11 is 0. The zero-order chi connectivity index (χ0) is 43.8. The molecule has 11 heteroatoms. The average molecular weight is 825 g/mol. The standard InChI is InChI=1S/C50H48O11/c1-23(2)9-12-26-17-31-39(21-35(26)51)58-49(57)41-32-19-34(42(54)28(13-10-24(3)4)45(32)60-48(31)41)44(56)40-33-20-37(53)43(55)29(14-11-25(5)6)46(33)59-47(40)30-18-27-15-16-50(7,8)61-38(27)22-36(30)52/h9-11,15-22,32,45,51-55H,12-14H2,1-8H3/t32-,45-/m1/s1. The highest BCUT2D eigenvalue weighted by Gasteiger charge is 2.46. The number of phenols is 4. The van der Waals surface area contributed by atoms with Crippen molar-refractivity contribution in [2.24, 2.45) is 0 Å². The van der Waals surface area contributed by atoms with Crippen molar-refractivity contribution >= 4 is 33.8 Å². The molecule has 2 aliphatic heterocycles. The topological polar surface area (TPSA) is 180 Å². The predicted molar refractivity (Wildman–Crippen MR) is 234 cm³/mol. The number of carbonyl (C=O) groups is 1. The maximum Gasteiger partial charge on any atom is 0.344 e. The number of phenolic OH excluding ortho intramolecular Hbond substituents is 4. The Morgan fingerprint density at radius 2 is 1.48 bits per heavy atom. The number of rotatable bonds is 9. The van der Waals surface area contributed by atoms with E-state index in [4.69, 9.17) is 18.3 Å². The maximum absolute atomic E-state index is 15.4. The van der Waals surface area contributed by atoms with Crippen LogP contribution < -0.4 is 15.1 Å².